The Morgan fingerprint density at radius 3 is 2.71 bits per heavy atom. The van der Waals surface area contributed by atoms with Crippen LogP contribution in [0.25, 0.3) is 0 Å². The maximum absolute atomic E-state index is 6.12. The molecule has 0 saturated heterocycles. The molecule has 0 bridgehead atoms. The van der Waals surface area contributed by atoms with E-state index < -0.39 is 0 Å². The summed E-state index contributed by atoms with van der Waals surface area (Å²) in [4.78, 5) is 2.58. The lowest BCUT2D eigenvalue weighted by Crippen LogP contribution is -2.11. The molecule has 2 rings (SSSR count). The van der Waals surface area contributed by atoms with Crippen LogP contribution in [0.5, 0.6) is 0 Å². The largest absolute Gasteiger partial charge is 0.323 e. The Hall–Kier alpha value is -0.160. The number of thiophene rings is 2. The fourth-order valence-corrected chi connectivity index (χ4v) is 3.74. The van der Waals surface area contributed by atoms with Crippen molar-refractivity contribution in [1.82, 2.24) is 0 Å². The van der Waals surface area contributed by atoms with E-state index in [9.17, 15) is 0 Å². The second kappa shape index (κ2) is 4.57. The summed E-state index contributed by atoms with van der Waals surface area (Å²) in [6.45, 7) is 0. The molecular formula is C10H10BrNS2. The Balaban J connectivity index is 2.10. The Bertz CT molecular complexity index is 394. The third-order valence-corrected chi connectivity index (χ3v) is 4.88. The first-order valence-electron chi connectivity index (χ1n) is 4.28. The van der Waals surface area contributed by atoms with Crippen LogP contribution in [-0.4, -0.2) is 0 Å². The van der Waals surface area contributed by atoms with Crippen LogP contribution in [0, 0.1) is 0 Å². The van der Waals surface area contributed by atoms with E-state index in [4.69, 9.17) is 5.73 Å². The Labute approximate surface area is 99.7 Å². The van der Waals surface area contributed by atoms with Crippen molar-refractivity contribution in [3.8, 4) is 0 Å². The van der Waals surface area contributed by atoms with Crippen LogP contribution in [0.2, 0.25) is 0 Å². The molecule has 0 spiro atoms. The second-order valence-corrected chi connectivity index (χ2v) is 5.86. The van der Waals surface area contributed by atoms with Crippen LogP contribution in [0.1, 0.15) is 15.8 Å². The van der Waals surface area contributed by atoms with Gasteiger partial charge in [-0.05, 0) is 38.8 Å². The molecule has 1 nitrogen and oxygen atoms in total. The summed E-state index contributed by atoms with van der Waals surface area (Å²) in [5, 5.41) is 4.15. The highest BCUT2D eigenvalue weighted by molar-refractivity contribution is 9.10. The molecule has 2 heterocycles. The number of hydrogen-bond donors (Lipinski definition) is 1. The van der Waals surface area contributed by atoms with Crippen LogP contribution in [0.15, 0.2) is 33.4 Å². The summed E-state index contributed by atoms with van der Waals surface area (Å²) in [6, 6.07) is 6.36. The molecule has 0 aliphatic rings. The highest BCUT2D eigenvalue weighted by Crippen LogP contribution is 2.30. The molecule has 0 aromatic carbocycles. The molecule has 74 valence electrons. The average Bonchev–Trinajstić information content (AvgIpc) is 2.75. The zero-order chi connectivity index (χ0) is 9.97. The maximum Gasteiger partial charge on any atom is 0.0449 e. The standard InChI is InChI=1S/C10H10BrNS2/c11-8-3-5-14-10(8)9(12)6-7-2-1-4-13-7/h1-5,9H,6,12H2. The van der Waals surface area contributed by atoms with E-state index in [0.29, 0.717) is 0 Å². The van der Waals surface area contributed by atoms with Gasteiger partial charge in [-0.15, -0.1) is 22.7 Å². The number of rotatable bonds is 3. The molecule has 0 radical (unpaired) electrons. The molecule has 0 fully saturated rings. The fourth-order valence-electron chi connectivity index (χ4n) is 1.31. The van der Waals surface area contributed by atoms with Crippen molar-refractivity contribution in [2.45, 2.75) is 12.5 Å². The van der Waals surface area contributed by atoms with Crippen LogP contribution in [0.3, 0.4) is 0 Å². The monoisotopic (exact) mass is 287 g/mol. The van der Waals surface area contributed by atoms with Crippen LogP contribution in [0.4, 0.5) is 0 Å². The zero-order valence-electron chi connectivity index (χ0n) is 7.44. The summed E-state index contributed by atoms with van der Waals surface area (Å²) < 4.78 is 1.13. The van der Waals surface area contributed by atoms with Gasteiger partial charge in [0, 0.05) is 26.7 Å². The molecule has 0 saturated carbocycles. The van der Waals surface area contributed by atoms with Gasteiger partial charge in [-0.25, -0.2) is 0 Å². The van der Waals surface area contributed by atoms with Crippen LogP contribution >= 0.6 is 38.6 Å². The van der Waals surface area contributed by atoms with Gasteiger partial charge in [0.2, 0.25) is 0 Å². The first-order chi connectivity index (χ1) is 6.77. The van der Waals surface area contributed by atoms with E-state index in [-0.39, 0.29) is 6.04 Å². The third kappa shape index (κ3) is 2.25. The first kappa shape index (κ1) is 10.4. The minimum absolute atomic E-state index is 0.114. The van der Waals surface area contributed by atoms with E-state index in [2.05, 4.69) is 38.8 Å². The van der Waals surface area contributed by atoms with Gasteiger partial charge >= 0.3 is 0 Å². The maximum atomic E-state index is 6.12. The molecule has 2 aromatic rings. The Kier molecular flexibility index (Phi) is 3.38. The van der Waals surface area contributed by atoms with Crippen molar-refractivity contribution in [3.05, 3.63) is 43.2 Å². The normalized spacial score (nSPS) is 13.0. The number of halogens is 1. The molecule has 0 aliphatic carbocycles. The van der Waals surface area contributed by atoms with Gasteiger partial charge in [0.25, 0.3) is 0 Å². The summed E-state index contributed by atoms with van der Waals surface area (Å²) in [6.07, 6.45) is 0.927. The molecule has 2 N–H and O–H groups in total. The van der Waals surface area contributed by atoms with Gasteiger partial charge in [-0.3, -0.25) is 0 Å². The first-order valence-corrected chi connectivity index (χ1v) is 6.83. The fraction of sp³-hybridized carbons (Fsp3) is 0.200. The Morgan fingerprint density at radius 1 is 1.29 bits per heavy atom. The number of nitrogens with two attached hydrogens (primary N) is 1. The van der Waals surface area contributed by atoms with Crippen molar-refractivity contribution in [3.63, 3.8) is 0 Å². The van der Waals surface area contributed by atoms with E-state index in [1.807, 2.05) is 6.07 Å². The summed E-state index contributed by atoms with van der Waals surface area (Å²) in [7, 11) is 0. The van der Waals surface area contributed by atoms with Crippen LogP contribution < -0.4 is 5.73 Å². The van der Waals surface area contributed by atoms with Crippen molar-refractivity contribution < 1.29 is 0 Å². The minimum atomic E-state index is 0.114. The van der Waals surface area contributed by atoms with E-state index in [1.165, 1.54) is 9.75 Å². The molecular weight excluding hydrogens is 278 g/mol. The van der Waals surface area contributed by atoms with Gasteiger partial charge in [-0.1, -0.05) is 6.07 Å². The van der Waals surface area contributed by atoms with Crippen LogP contribution in [-0.2, 0) is 6.42 Å². The molecule has 1 atom stereocenters. The molecule has 14 heavy (non-hydrogen) atoms. The van der Waals surface area contributed by atoms with Crippen molar-refractivity contribution in [2.75, 3.05) is 0 Å². The van der Waals surface area contributed by atoms with Gasteiger partial charge in [0.15, 0.2) is 0 Å². The highest BCUT2D eigenvalue weighted by atomic mass is 79.9. The minimum Gasteiger partial charge on any atom is -0.323 e. The van der Waals surface area contributed by atoms with Gasteiger partial charge in [0.1, 0.15) is 0 Å². The second-order valence-electron chi connectivity index (χ2n) is 3.02. The Morgan fingerprint density at radius 2 is 2.14 bits per heavy atom. The summed E-state index contributed by atoms with van der Waals surface area (Å²) >= 11 is 6.98. The lowest BCUT2D eigenvalue weighted by atomic mass is 10.1. The quantitative estimate of drug-likeness (QED) is 0.913. The van der Waals surface area contributed by atoms with E-state index in [1.54, 1.807) is 22.7 Å². The van der Waals surface area contributed by atoms with Crippen molar-refractivity contribution in [1.29, 1.82) is 0 Å². The highest BCUT2D eigenvalue weighted by Gasteiger charge is 2.12. The summed E-state index contributed by atoms with van der Waals surface area (Å²) in [5.41, 5.74) is 6.12. The van der Waals surface area contributed by atoms with Gasteiger partial charge in [0.05, 0.1) is 0 Å². The molecule has 4 heteroatoms. The molecule has 2 aromatic heterocycles. The third-order valence-electron chi connectivity index (χ3n) is 1.98. The number of hydrogen-bond acceptors (Lipinski definition) is 3. The van der Waals surface area contributed by atoms with Gasteiger partial charge < -0.3 is 5.73 Å². The average molecular weight is 288 g/mol. The predicted molar refractivity (Wildman–Crippen MR) is 67.0 cm³/mol. The van der Waals surface area contributed by atoms with Crippen molar-refractivity contribution >= 4 is 38.6 Å². The lowest BCUT2D eigenvalue weighted by Gasteiger charge is -2.08. The van der Waals surface area contributed by atoms with E-state index in [0.717, 1.165) is 10.9 Å². The topological polar surface area (TPSA) is 26.0 Å². The van der Waals surface area contributed by atoms with Crippen molar-refractivity contribution in [2.24, 2.45) is 5.73 Å². The lowest BCUT2D eigenvalue weighted by molar-refractivity contribution is 0.742. The van der Waals surface area contributed by atoms with E-state index >= 15 is 0 Å². The predicted octanol–water partition coefficient (Wildman–Crippen LogP) is 3.81. The smallest absolute Gasteiger partial charge is 0.0449 e. The SMILES string of the molecule is NC(Cc1cccs1)c1sccc1Br. The molecule has 1 unspecified atom stereocenters. The molecule has 0 aliphatic heterocycles. The summed E-state index contributed by atoms with van der Waals surface area (Å²) in [5.74, 6) is 0. The molecule has 0 amide bonds. The zero-order valence-corrected chi connectivity index (χ0v) is 10.7. The van der Waals surface area contributed by atoms with Gasteiger partial charge in [-0.2, -0.15) is 0 Å².